The van der Waals surface area contributed by atoms with Crippen LogP contribution in [0.15, 0.2) is 17.3 Å². The van der Waals surface area contributed by atoms with E-state index < -0.39 is 0 Å². The number of carbonyl (C=O) groups is 1. The van der Waals surface area contributed by atoms with E-state index in [4.69, 9.17) is 4.74 Å². The Morgan fingerprint density at radius 1 is 1.57 bits per heavy atom. The molecule has 3 heterocycles. The molecular formula is C13H17N5O3. The average Bonchev–Trinajstić information content (AvgIpc) is 3.10. The average molecular weight is 291 g/mol. The Labute approximate surface area is 120 Å². The Bertz CT molecular complexity index is 714. The van der Waals surface area contributed by atoms with Crippen molar-refractivity contribution < 1.29 is 9.53 Å². The molecule has 0 spiro atoms. The van der Waals surface area contributed by atoms with Crippen LogP contribution in [0.25, 0.3) is 11.0 Å². The van der Waals surface area contributed by atoms with Crippen molar-refractivity contribution in [1.82, 2.24) is 24.6 Å². The van der Waals surface area contributed by atoms with Crippen molar-refractivity contribution in [2.24, 2.45) is 7.05 Å². The summed E-state index contributed by atoms with van der Waals surface area (Å²) in [5.74, 6) is -0.224. The van der Waals surface area contributed by atoms with Gasteiger partial charge in [-0.25, -0.2) is 4.98 Å². The summed E-state index contributed by atoms with van der Waals surface area (Å²) in [6.45, 7) is 1.18. The molecule has 0 saturated carbocycles. The normalized spacial score (nSPS) is 18.2. The van der Waals surface area contributed by atoms with Crippen molar-refractivity contribution in [2.75, 3.05) is 13.2 Å². The van der Waals surface area contributed by atoms with Crippen molar-refractivity contribution in [3.05, 3.63) is 22.9 Å². The molecule has 1 aliphatic rings. The molecular weight excluding hydrogens is 274 g/mol. The fourth-order valence-electron chi connectivity index (χ4n) is 2.42. The van der Waals surface area contributed by atoms with Crippen molar-refractivity contribution in [2.45, 2.75) is 25.5 Å². The van der Waals surface area contributed by atoms with Gasteiger partial charge in [0.1, 0.15) is 18.3 Å². The topological polar surface area (TPSA) is 91.0 Å². The van der Waals surface area contributed by atoms with E-state index in [0.29, 0.717) is 17.6 Å². The molecule has 0 aromatic carbocycles. The molecule has 1 amide bonds. The van der Waals surface area contributed by atoms with Crippen LogP contribution >= 0.6 is 0 Å². The fourth-order valence-corrected chi connectivity index (χ4v) is 2.42. The minimum atomic E-state index is -0.264. The maximum absolute atomic E-state index is 12.2. The number of nitrogens with zero attached hydrogens (tertiary/aromatic N) is 4. The molecule has 8 heteroatoms. The highest BCUT2D eigenvalue weighted by Crippen LogP contribution is 2.10. The molecule has 2 aromatic rings. The molecule has 2 aromatic heterocycles. The highest BCUT2D eigenvalue weighted by molar-refractivity contribution is 5.77. The first-order valence-corrected chi connectivity index (χ1v) is 6.90. The molecule has 21 heavy (non-hydrogen) atoms. The van der Waals surface area contributed by atoms with Crippen LogP contribution in [0.2, 0.25) is 0 Å². The molecule has 0 radical (unpaired) electrons. The smallest absolute Gasteiger partial charge is 0.264 e. The highest BCUT2D eigenvalue weighted by Gasteiger charge is 2.16. The minimum Gasteiger partial charge on any atom is -0.376 e. The van der Waals surface area contributed by atoms with E-state index in [2.05, 4.69) is 15.4 Å². The summed E-state index contributed by atoms with van der Waals surface area (Å²) in [5.41, 5.74) is 0.247. The summed E-state index contributed by atoms with van der Waals surface area (Å²) in [5, 5.41) is 7.18. The SMILES string of the molecule is Cn1ncc2c(=O)n(CC(=O)NCC3CCCO3)cnc21. The van der Waals surface area contributed by atoms with E-state index in [0.717, 1.165) is 19.4 Å². The lowest BCUT2D eigenvalue weighted by atomic mass is 10.2. The van der Waals surface area contributed by atoms with Crippen molar-refractivity contribution in [1.29, 1.82) is 0 Å². The molecule has 8 nitrogen and oxygen atoms in total. The van der Waals surface area contributed by atoms with Gasteiger partial charge in [0.25, 0.3) is 5.56 Å². The van der Waals surface area contributed by atoms with Gasteiger partial charge in [-0.15, -0.1) is 0 Å². The number of nitrogens with one attached hydrogen (secondary N) is 1. The number of amides is 1. The Kier molecular flexibility index (Phi) is 3.70. The van der Waals surface area contributed by atoms with Crippen LogP contribution in [0.4, 0.5) is 0 Å². The molecule has 1 N–H and O–H groups in total. The van der Waals surface area contributed by atoms with Gasteiger partial charge in [0.2, 0.25) is 5.91 Å². The summed E-state index contributed by atoms with van der Waals surface area (Å²) < 4.78 is 8.24. The highest BCUT2D eigenvalue weighted by atomic mass is 16.5. The molecule has 1 aliphatic heterocycles. The van der Waals surface area contributed by atoms with Gasteiger partial charge in [-0.1, -0.05) is 0 Å². The standard InChI is InChI=1S/C13H17N5O3/c1-17-12-10(6-16-17)13(20)18(8-15-12)7-11(19)14-5-9-3-2-4-21-9/h6,8-9H,2-5,7H2,1H3,(H,14,19). The van der Waals surface area contributed by atoms with Crippen molar-refractivity contribution in [3.8, 4) is 0 Å². The summed E-state index contributed by atoms with van der Waals surface area (Å²) in [4.78, 5) is 28.2. The first-order valence-electron chi connectivity index (χ1n) is 6.90. The quantitative estimate of drug-likeness (QED) is 0.814. The van der Waals surface area contributed by atoms with E-state index in [1.54, 1.807) is 7.05 Å². The predicted octanol–water partition coefficient (Wildman–Crippen LogP) is -0.575. The van der Waals surface area contributed by atoms with Gasteiger partial charge in [0.15, 0.2) is 5.65 Å². The van der Waals surface area contributed by atoms with Gasteiger partial charge < -0.3 is 10.1 Å². The number of ether oxygens (including phenoxy) is 1. The predicted molar refractivity (Wildman–Crippen MR) is 74.8 cm³/mol. The lowest BCUT2D eigenvalue weighted by Gasteiger charge is -2.11. The summed E-state index contributed by atoms with van der Waals surface area (Å²) >= 11 is 0. The number of rotatable bonds is 4. The van der Waals surface area contributed by atoms with Crippen molar-refractivity contribution >= 4 is 16.9 Å². The summed E-state index contributed by atoms with van der Waals surface area (Å²) in [6.07, 6.45) is 4.92. The number of carbonyl (C=O) groups excluding carboxylic acids is 1. The summed E-state index contributed by atoms with van der Waals surface area (Å²) in [6, 6.07) is 0. The zero-order valence-corrected chi connectivity index (χ0v) is 11.8. The van der Waals surface area contributed by atoms with Gasteiger partial charge in [-0.3, -0.25) is 18.8 Å². The van der Waals surface area contributed by atoms with E-state index >= 15 is 0 Å². The lowest BCUT2D eigenvalue weighted by molar-refractivity contribution is -0.122. The number of fused-ring (bicyclic) bond motifs is 1. The third-order valence-corrected chi connectivity index (χ3v) is 3.58. The second-order valence-electron chi connectivity index (χ2n) is 5.12. The Hall–Kier alpha value is -2.22. The number of aryl methyl sites for hydroxylation is 1. The van der Waals surface area contributed by atoms with Crippen LogP contribution in [0.5, 0.6) is 0 Å². The Morgan fingerprint density at radius 2 is 2.43 bits per heavy atom. The minimum absolute atomic E-state index is 0.0522. The van der Waals surface area contributed by atoms with Gasteiger partial charge in [-0.05, 0) is 12.8 Å². The molecule has 1 atom stereocenters. The third-order valence-electron chi connectivity index (χ3n) is 3.58. The zero-order valence-electron chi connectivity index (χ0n) is 11.8. The first-order chi connectivity index (χ1) is 10.1. The maximum Gasteiger partial charge on any atom is 0.264 e. The van der Waals surface area contributed by atoms with Gasteiger partial charge >= 0.3 is 0 Å². The second kappa shape index (κ2) is 5.65. The van der Waals surface area contributed by atoms with Crippen LogP contribution < -0.4 is 10.9 Å². The molecule has 1 unspecified atom stereocenters. The number of aromatic nitrogens is 4. The molecule has 3 rings (SSSR count). The second-order valence-corrected chi connectivity index (χ2v) is 5.12. The van der Waals surface area contributed by atoms with E-state index in [1.165, 1.54) is 21.8 Å². The maximum atomic E-state index is 12.2. The van der Waals surface area contributed by atoms with Crippen LogP contribution in [0, 0.1) is 0 Å². The number of hydrogen-bond donors (Lipinski definition) is 1. The molecule has 1 saturated heterocycles. The van der Waals surface area contributed by atoms with E-state index in [1.807, 2.05) is 0 Å². The van der Waals surface area contributed by atoms with E-state index in [9.17, 15) is 9.59 Å². The fraction of sp³-hybridized carbons (Fsp3) is 0.538. The molecule has 0 bridgehead atoms. The molecule has 112 valence electrons. The van der Waals surface area contributed by atoms with Gasteiger partial charge in [0.05, 0.1) is 12.3 Å². The summed E-state index contributed by atoms with van der Waals surface area (Å²) in [7, 11) is 1.72. The van der Waals surface area contributed by atoms with Gasteiger partial charge in [0, 0.05) is 20.2 Å². The monoisotopic (exact) mass is 291 g/mol. The van der Waals surface area contributed by atoms with Crippen LogP contribution in [-0.4, -0.2) is 44.5 Å². The Balaban J connectivity index is 1.68. The largest absolute Gasteiger partial charge is 0.376 e. The van der Waals surface area contributed by atoms with Crippen LogP contribution in [0.1, 0.15) is 12.8 Å². The van der Waals surface area contributed by atoms with Crippen LogP contribution in [0.3, 0.4) is 0 Å². The first kappa shape index (κ1) is 13.7. The third kappa shape index (κ3) is 2.80. The van der Waals surface area contributed by atoms with Crippen molar-refractivity contribution in [3.63, 3.8) is 0 Å². The zero-order chi connectivity index (χ0) is 14.8. The molecule has 0 aliphatic carbocycles. The lowest BCUT2D eigenvalue weighted by Crippen LogP contribution is -2.36. The Morgan fingerprint density at radius 3 is 3.19 bits per heavy atom. The van der Waals surface area contributed by atoms with Gasteiger partial charge in [-0.2, -0.15) is 5.10 Å². The van der Waals surface area contributed by atoms with E-state index in [-0.39, 0.29) is 24.1 Å². The molecule has 1 fully saturated rings. The van der Waals surface area contributed by atoms with Crippen LogP contribution in [-0.2, 0) is 23.1 Å². The number of hydrogen-bond acceptors (Lipinski definition) is 5.